The molecular formula is C117H103F7. The van der Waals surface area contributed by atoms with Gasteiger partial charge in [-0.3, -0.25) is 0 Å². The van der Waals surface area contributed by atoms with E-state index in [1.165, 1.54) is 174 Å². The van der Waals surface area contributed by atoms with Gasteiger partial charge in [0.1, 0.15) is 5.82 Å². The number of alkyl halides is 6. The summed E-state index contributed by atoms with van der Waals surface area (Å²) >= 11 is 0. The summed E-state index contributed by atoms with van der Waals surface area (Å²) in [5, 5.41) is 5.39. The fourth-order valence-corrected chi connectivity index (χ4v) is 14.7. The van der Waals surface area contributed by atoms with E-state index >= 15 is 0 Å². The molecule has 0 aliphatic heterocycles. The second-order valence-corrected chi connectivity index (χ2v) is 30.8. The van der Waals surface area contributed by atoms with Crippen molar-refractivity contribution >= 4 is 21.5 Å². The van der Waals surface area contributed by atoms with Gasteiger partial charge < -0.3 is 0 Å². The van der Waals surface area contributed by atoms with Crippen LogP contribution in [0.5, 0.6) is 0 Å². The van der Waals surface area contributed by atoms with Crippen LogP contribution in [0.3, 0.4) is 0 Å². The second kappa shape index (κ2) is 44.5. The Bertz CT molecular complexity index is 6160. The standard InChI is InChI=1S/3C19H16.C15H12.C14H12.2C8H7F3.C8H10.C7H7F/c1-15-9-8-14-18(16-10-4-2-5-11-16)19(15)17-12-6-3-7-13-17;1-15-12-18(16-8-4-2-5-9-16)14-19(13-15)17-10-6-3-7-11-17;1-15-12-13-18(16-8-4-2-5-9-16)19(14-15)17-10-6-3-7-11-17;1-11-10-12-6-2-3-8-14(12)15-9-5-4-7-13(11)15;1-10-11-6-2-4-8-13(11)14-9-5-3-7-12(10)14;1-6-2-4-7(5-3-6)8(9,10)11;1-6-3-2-4-7(5-6)8(9,10)11;1-7-5-3-4-6-8(7)2;1-6-2-4-7(8)5-3-6/h3*2-14H,1H3;2-10H,1H3;2-10H,1H3;2*2-5H,1H3;3-6H,1-2H3;2-5H,1H3. The zero-order valence-corrected chi connectivity index (χ0v) is 71.8. The lowest BCUT2D eigenvalue weighted by Gasteiger charge is -2.13. The van der Waals surface area contributed by atoms with Gasteiger partial charge in [-0.2, -0.15) is 26.3 Å². The summed E-state index contributed by atoms with van der Waals surface area (Å²) in [6.07, 6.45) is -8.43. The van der Waals surface area contributed by atoms with Crippen LogP contribution in [0.1, 0.15) is 85.2 Å². The zero-order valence-electron chi connectivity index (χ0n) is 71.8. The van der Waals surface area contributed by atoms with Crippen molar-refractivity contribution in [1.82, 2.24) is 0 Å². The summed E-state index contributed by atoms with van der Waals surface area (Å²) < 4.78 is 83.7. The van der Waals surface area contributed by atoms with Crippen LogP contribution >= 0.6 is 0 Å². The van der Waals surface area contributed by atoms with Crippen molar-refractivity contribution in [2.45, 2.75) is 87.5 Å². The van der Waals surface area contributed by atoms with Crippen LogP contribution in [0.25, 0.3) is 99.4 Å². The van der Waals surface area contributed by atoms with Gasteiger partial charge in [0.2, 0.25) is 0 Å². The highest BCUT2D eigenvalue weighted by atomic mass is 19.4. The minimum atomic E-state index is -4.22. The Labute approximate surface area is 728 Å². The van der Waals surface area contributed by atoms with Gasteiger partial charge >= 0.3 is 12.4 Å². The third kappa shape index (κ3) is 26.0. The van der Waals surface area contributed by atoms with E-state index in [2.05, 4.69) is 412 Å². The van der Waals surface area contributed by atoms with E-state index in [4.69, 9.17) is 0 Å². The summed E-state index contributed by atoms with van der Waals surface area (Å²) in [6.45, 7) is 20.5. The summed E-state index contributed by atoms with van der Waals surface area (Å²) in [7, 11) is 0. The molecule has 0 radical (unpaired) electrons. The molecule has 0 atom stereocenters. The van der Waals surface area contributed by atoms with Gasteiger partial charge in [-0.05, 0) is 237 Å². The molecule has 0 saturated carbocycles. The van der Waals surface area contributed by atoms with Crippen LogP contribution in [-0.2, 0) is 12.4 Å². The summed E-state index contributed by atoms with van der Waals surface area (Å²) in [6, 6.07) is 145. The molecule has 0 heterocycles. The fraction of sp³-hybridized carbons (Fsp3) is 0.111. The average Bonchev–Trinajstić information content (AvgIpc) is 1.65. The summed E-state index contributed by atoms with van der Waals surface area (Å²) in [5.74, 6) is 0.387. The maximum atomic E-state index is 12.1. The van der Waals surface area contributed by atoms with E-state index in [1.807, 2.05) is 6.92 Å². The van der Waals surface area contributed by atoms with Crippen LogP contribution in [0.2, 0.25) is 0 Å². The topological polar surface area (TPSA) is 0 Å². The van der Waals surface area contributed by atoms with Crippen molar-refractivity contribution in [1.29, 1.82) is 0 Å². The molecule has 1 aliphatic rings. The van der Waals surface area contributed by atoms with Crippen molar-refractivity contribution in [2.24, 2.45) is 0 Å². The van der Waals surface area contributed by atoms with Gasteiger partial charge in [0.15, 0.2) is 0 Å². The van der Waals surface area contributed by atoms with Crippen molar-refractivity contribution in [2.75, 3.05) is 0 Å². The number of benzene rings is 18. The zero-order chi connectivity index (χ0) is 88.0. The molecule has 0 spiro atoms. The molecule has 0 amide bonds. The SMILES string of the molecule is CC1c2ccccc2-c2ccccc21.Cc1cc(-c2ccccc2)cc(-c2ccccc2)c1.Cc1cc2ccccc2c2ccccc12.Cc1ccc(-c2ccccc2)c(-c2ccccc2)c1.Cc1ccc(C(F)(F)F)cc1.Cc1ccc(F)cc1.Cc1cccc(-c2ccccc2)c1-c1ccccc1.Cc1cccc(C(F)(F)F)c1.Cc1ccccc1C. The second-order valence-electron chi connectivity index (χ2n) is 30.8. The molecule has 0 bridgehead atoms. The van der Waals surface area contributed by atoms with Crippen LogP contribution in [0, 0.1) is 68.1 Å². The smallest absolute Gasteiger partial charge is 0.207 e. The van der Waals surface area contributed by atoms with Gasteiger partial charge in [0, 0.05) is 5.92 Å². The third-order valence-corrected chi connectivity index (χ3v) is 21.3. The Balaban J connectivity index is 0.000000138. The minimum absolute atomic E-state index is 0.171. The Kier molecular flexibility index (Phi) is 32.6. The molecule has 0 fully saturated rings. The average molecular weight is 1640 g/mol. The van der Waals surface area contributed by atoms with Gasteiger partial charge in [0.05, 0.1) is 11.1 Å². The maximum absolute atomic E-state index is 12.1. The minimum Gasteiger partial charge on any atom is -0.207 e. The van der Waals surface area contributed by atoms with Crippen molar-refractivity contribution in [3.63, 3.8) is 0 Å². The van der Waals surface area contributed by atoms with E-state index < -0.39 is 23.5 Å². The number of aryl methyl sites for hydroxylation is 9. The van der Waals surface area contributed by atoms with Crippen molar-refractivity contribution in [3.05, 3.63) is 515 Å². The normalized spacial score (nSPS) is 10.9. The largest absolute Gasteiger partial charge is 0.416 e. The molecule has 18 aromatic rings. The highest BCUT2D eigenvalue weighted by Crippen LogP contribution is 2.44. The van der Waals surface area contributed by atoms with Gasteiger partial charge in [-0.25, -0.2) is 4.39 Å². The molecule has 0 nitrogen and oxygen atoms in total. The van der Waals surface area contributed by atoms with Crippen LogP contribution in [0.15, 0.2) is 437 Å². The van der Waals surface area contributed by atoms with E-state index in [0.29, 0.717) is 11.5 Å². The third-order valence-electron chi connectivity index (χ3n) is 21.3. The highest BCUT2D eigenvalue weighted by Gasteiger charge is 2.31. The van der Waals surface area contributed by atoms with Crippen LogP contribution in [0.4, 0.5) is 30.7 Å². The Hall–Kier alpha value is -14.0. The lowest BCUT2D eigenvalue weighted by Crippen LogP contribution is -2.04. The molecular weight excluding hydrogens is 1540 g/mol. The summed E-state index contributed by atoms with van der Waals surface area (Å²) in [5.41, 5.74) is 30.5. The molecule has 18 aromatic carbocycles. The highest BCUT2D eigenvalue weighted by molar-refractivity contribution is 6.09. The molecule has 124 heavy (non-hydrogen) atoms. The van der Waals surface area contributed by atoms with Crippen molar-refractivity contribution < 1.29 is 30.7 Å². The predicted molar refractivity (Wildman–Crippen MR) is 511 cm³/mol. The lowest BCUT2D eigenvalue weighted by atomic mass is 9.91. The molecule has 7 heteroatoms. The van der Waals surface area contributed by atoms with E-state index in [1.54, 1.807) is 32.0 Å². The van der Waals surface area contributed by atoms with E-state index in [-0.39, 0.29) is 5.82 Å². The van der Waals surface area contributed by atoms with E-state index in [9.17, 15) is 30.7 Å². The number of rotatable bonds is 6. The maximum Gasteiger partial charge on any atom is 0.416 e. The molecule has 0 aromatic heterocycles. The van der Waals surface area contributed by atoms with Gasteiger partial charge in [0.25, 0.3) is 0 Å². The Morgan fingerprint density at radius 1 is 0.202 bits per heavy atom. The fourth-order valence-electron chi connectivity index (χ4n) is 14.7. The number of hydrogen-bond acceptors (Lipinski definition) is 0. The first-order valence-electron chi connectivity index (χ1n) is 41.6. The monoisotopic (exact) mass is 1640 g/mol. The molecule has 0 saturated heterocycles. The number of fused-ring (bicyclic) bond motifs is 6. The first kappa shape index (κ1) is 90.7. The molecule has 1 aliphatic carbocycles. The van der Waals surface area contributed by atoms with Gasteiger partial charge in [-0.15, -0.1) is 0 Å². The van der Waals surface area contributed by atoms with E-state index in [0.717, 1.165) is 35.4 Å². The summed E-state index contributed by atoms with van der Waals surface area (Å²) in [4.78, 5) is 0. The molecule has 0 N–H and O–H groups in total. The quantitative estimate of drug-likeness (QED) is 0.115. The molecule has 620 valence electrons. The molecule has 0 unspecified atom stereocenters. The van der Waals surface area contributed by atoms with Crippen molar-refractivity contribution in [3.8, 4) is 77.9 Å². The Morgan fingerprint density at radius 2 is 0.565 bits per heavy atom. The first-order valence-corrected chi connectivity index (χ1v) is 41.6. The van der Waals surface area contributed by atoms with Gasteiger partial charge in [-0.1, -0.05) is 430 Å². The first-order chi connectivity index (χ1) is 59.9. The Morgan fingerprint density at radius 3 is 1.02 bits per heavy atom. The number of hydrogen-bond donors (Lipinski definition) is 0. The lowest BCUT2D eigenvalue weighted by molar-refractivity contribution is -0.138. The molecule has 19 rings (SSSR count). The number of halogens is 7. The van der Waals surface area contributed by atoms with Crippen LogP contribution in [-0.4, -0.2) is 0 Å². The predicted octanol–water partition coefficient (Wildman–Crippen LogP) is 34.6. The van der Waals surface area contributed by atoms with Crippen LogP contribution < -0.4 is 0 Å².